The zero-order valence-corrected chi connectivity index (χ0v) is 15.4. The second-order valence-electron chi connectivity index (χ2n) is 6.72. The summed E-state index contributed by atoms with van der Waals surface area (Å²) in [5.74, 6) is 1.27. The third kappa shape index (κ3) is 4.16. The summed E-state index contributed by atoms with van der Waals surface area (Å²) in [4.78, 5) is 22.3. The van der Waals surface area contributed by atoms with Gasteiger partial charge in [-0.15, -0.1) is 0 Å². The number of allylic oxidation sites excluding steroid dienone is 1. The predicted octanol–water partition coefficient (Wildman–Crippen LogP) is 2.69. The molecule has 2 aromatic heterocycles. The van der Waals surface area contributed by atoms with Crippen molar-refractivity contribution >= 4 is 23.3 Å². The van der Waals surface area contributed by atoms with E-state index in [4.69, 9.17) is 15.6 Å². The molecule has 1 aliphatic rings. The molecule has 27 heavy (non-hydrogen) atoms. The maximum Gasteiger partial charge on any atom is 0.226 e. The molecule has 0 radical (unpaired) electrons. The van der Waals surface area contributed by atoms with Crippen LogP contribution in [0.3, 0.4) is 0 Å². The Morgan fingerprint density at radius 3 is 2.67 bits per heavy atom. The number of rotatable bonds is 5. The van der Waals surface area contributed by atoms with E-state index in [-0.39, 0.29) is 23.3 Å². The fraction of sp³-hybridized carbons (Fsp3) is 0.368. The van der Waals surface area contributed by atoms with Crippen LogP contribution in [-0.4, -0.2) is 39.8 Å². The first kappa shape index (κ1) is 18.6. The number of aryl methyl sites for hydroxylation is 1. The lowest BCUT2D eigenvalue weighted by Crippen LogP contribution is -2.39. The molecule has 0 aliphatic carbocycles. The number of aliphatic hydroxyl groups is 1. The number of aromatic nitrogens is 2. The molecule has 0 spiro atoms. The smallest absolute Gasteiger partial charge is 0.226 e. The molecule has 8 nitrogen and oxygen atoms in total. The minimum atomic E-state index is -0.269. The Morgan fingerprint density at radius 1 is 1.41 bits per heavy atom. The highest BCUT2D eigenvalue weighted by atomic mass is 16.3. The van der Waals surface area contributed by atoms with Crippen molar-refractivity contribution in [3.8, 4) is 11.5 Å². The third-order valence-electron chi connectivity index (χ3n) is 4.56. The van der Waals surface area contributed by atoms with Crippen LogP contribution in [-0.2, 0) is 4.79 Å². The number of carbonyl (C=O) groups is 1. The monoisotopic (exact) mass is 369 g/mol. The van der Waals surface area contributed by atoms with Gasteiger partial charge < -0.3 is 25.6 Å². The number of primary amides is 1. The highest BCUT2D eigenvalue weighted by Gasteiger charge is 2.25. The summed E-state index contributed by atoms with van der Waals surface area (Å²) in [7, 11) is 0. The number of nitrogens with zero attached hydrogens (tertiary/aromatic N) is 3. The number of piperidine rings is 1. The van der Waals surface area contributed by atoms with Gasteiger partial charge in [-0.25, -0.2) is 9.97 Å². The average Bonchev–Trinajstić information content (AvgIpc) is 3.07. The second-order valence-corrected chi connectivity index (χ2v) is 6.72. The van der Waals surface area contributed by atoms with E-state index in [1.54, 1.807) is 13.0 Å². The van der Waals surface area contributed by atoms with Crippen molar-refractivity contribution in [2.24, 2.45) is 11.7 Å². The maximum absolute atomic E-state index is 11.4. The molecule has 0 atom stereocenters. The summed E-state index contributed by atoms with van der Waals surface area (Å²) >= 11 is 0. The van der Waals surface area contributed by atoms with Crippen LogP contribution in [0.1, 0.15) is 31.1 Å². The lowest BCUT2D eigenvalue weighted by molar-refractivity contribution is -0.122. The van der Waals surface area contributed by atoms with Crippen molar-refractivity contribution in [3.05, 3.63) is 35.7 Å². The van der Waals surface area contributed by atoms with Crippen LogP contribution in [0.5, 0.6) is 0 Å². The Labute approximate surface area is 157 Å². The topological polar surface area (TPSA) is 129 Å². The molecular formula is C19H23N5O3. The quantitative estimate of drug-likeness (QED) is 0.549. The van der Waals surface area contributed by atoms with E-state index < -0.39 is 0 Å². The Hall–Kier alpha value is -3.16. The molecule has 0 bridgehead atoms. The first-order chi connectivity index (χ1) is 12.8. The number of anilines is 1. The van der Waals surface area contributed by atoms with E-state index in [0.29, 0.717) is 48.9 Å². The van der Waals surface area contributed by atoms with E-state index in [1.165, 1.54) is 12.3 Å². The number of nitrogens with two attached hydrogens (primary N) is 1. The zero-order valence-electron chi connectivity index (χ0n) is 15.4. The Kier molecular flexibility index (Phi) is 5.25. The fourth-order valence-corrected chi connectivity index (χ4v) is 3.11. The van der Waals surface area contributed by atoms with E-state index in [9.17, 15) is 9.90 Å². The summed E-state index contributed by atoms with van der Waals surface area (Å²) in [6, 6.07) is 3.61. The van der Waals surface area contributed by atoms with Gasteiger partial charge >= 0.3 is 0 Å². The SMILES string of the molecule is CC(=N)/C=C(\O)c1cnc(N2CCC(C(N)=O)CC2)nc1-c1ccc(C)o1. The van der Waals surface area contributed by atoms with Crippen molar-refractivity contribution in [2.75, 3.05) is 18.0 Å². The highest BCUT2D eigenvalue weighted by molar-refractivity contribution is 5.96. The number of carbonyl (C=O) groups excluding carboxylic acids is 1. The molecule has 0 unspecified atom stereocenters. The van der Waals surface area contributed by atoms with Gasteiger partial charge in [0.2, 0.25) is 11.9 Å². The first-order valence-electron chi connectivity index (χ1n) is 8.79. The predicted molar refractivity (Wildman–Crippen MR) is 103 cm³/mol. The summed E-state index contributed by atoms with van der Waals surface area (Å²) < 4.78 is 5.69. The van der Waals surface area contributed by atoms with Gasteiger partial charge in [0.1, 0.15) is 17.2 Å². The molecule has 1 aliphatic heterocycles. The van der Waals surface area contributed by atoms with Crippen molar-refractivity contribution < 1.29 is 14.3 Å². The Morgan fingerprint density at radius 2 is 2.11 bits per heavy atom. The fourth-order valence-electron chi connectivity index (χ4n) is 3.11. The van der Waals surface area contributed by atoms with Gasteiger partial charge in [-0.05, 0) is 38.8 Å². The zero-order chi connectivity index (χ0) is 19.6. The largest absolute Gasteiger partial charge is 0.507 e. The van der Waals surface area contributed by atoms with Crippen LogP contribution >= 0.6 is 0 Å². The Bertz CT molecular complexity index is 895. The number of hydrogen-bond acceptors (Lipinski definition) is 7. The number of amides is 1. The first-order valence-corrected chi connectivity index (χ1v) is 8.79. The van der Waals surface area contributed by atoms with Crippen LogP contribution in [0.15, 0.2) is 28.8 Å². The van der Waals surface area contributed by atoms with Gasteiger partial charge in [0.25, 0.3) is 0 Å². The van der Waals surface area contributed by atoms with Crippen molar-refractivity contribution in [3.63, 3.8) is 0 Å². The van der Waals surface area contributed by atoms with E-state index in [1.807, 2.05) is 17.9 Å². The lowest BCUT2D eigenvalue weighted by Gasteiger charge is -2.30. The van der Waals surface area contributed by atoms with Crippen molar-refractivity contribution in [2.45, 2.75) is 26.7 Å². The van der Waals surface area contributed by atoms with Crippen molar-refractivity contribution in [1.29, 1.82) is 5.41 Å². The van der Waals surface area contributed by atoms with Crippen LogP contribution < -0.4 is 10.6 Å². The highest BCUT2D eigenvalue weighted by Crippen LogP contribution is 2.30. The van der Waals surface area contributed by atoms with Crippen LogP contribution in [0.2, 0.25) is 0 Å². The molecule has 2 aromatic rings. The van der Waals surface area contributed by atoms with Crippen LogP contribution in [0, 0.1) is 18.3 Å². The molecule has 3 rings (SSSR count). The number of nitrogens with one attached hydrogen (secondary N) is 1. The van der Waals surface area contributed by atoms with Crippen molar-refractivity contribution in [1.82, 2.24) is 9.97 Å². The average molecular weight is 369 g/mol. The molecular weight excluding hydrogens is 346 g/mol. The molecule has 0 saturated carbocycles. The molecule has 3 heterocycles. The van der Waals surface area contributed by atoms with Gasteiger partial charge in [0.05, 0.1) is 5.56 Å². The van der Waals surface area contributed by atoms with E-state index in [2.05, 4.69) is 9.97 Å². The summed E-state index contributed by atoms with van der Waals surface area (Å²) in [5.41, 5.74) is 6.46. The van der Waals surface area contributed by atoms with Crippen LogP contribution in [0.25, 0.3) is 17.2 Å². The van der Waals surface area contributed by atoms with Crippen LogP contribution in [0.4, 0.5) is 5.95 Å². The van der Waals surface area contributed by atoms with E-state index >= 15 is 0 Å². The number of hydrogen-bond donors (Lipinski definition) is 3. The standard InChI is InChI=1S/C19H23N5O3/c1-11(20)9-15(25)14-10-22-19(23-17(14)16-4-3-12(2)27-16)24-7-5-13(6-8-24)18(21)26/h3-4,9-10,13,20,25H,5-8H2,1-2H3,(H2,21,26)/b15-9-,20-11?. The molecule has 1 saturated heterocycles. The summed E-state index contributed by atoms with van der Waals surface area (Å²) in [6.45, 7) is 4.67. The summed E-state index contributed by atoms with van der Waals surface area (Å²) in [5, 5.41) is 17.9. The molecule has 1 fully saturated rings. The minimum Gasteiger partial charge on any atom is -0.507 e. The van der Waals surface area contributed by atoms with Gasteiger partial charge in [-0.1, -0.05) is 0 Å². The normalized spacial score (nSPS) is 15.8. The van der Waals surface area contributed by atoms with Gasteiger partial charge in [-0.2, -0.15) is 0 Å². The minimum absolute atomic E-state index is 0.0921. The molecule has 0 aromatic carbocycles. The molecule has 1 amide bonds. The molecule has 4 N–H and O–H groups in total. The van der Waals surface area contributed by atoms with Gasteiger partial charge in [0, 0.05) is 37.0 Å². The lowest BCUT2D eigenvalue weighted by atomic mass is 9.96. The molecule has 8 heteroatoms. The Balaban J connectivity index is 1.96. The molecule has 142 valence electrons. The maximum atomic E-state index is 11.4. The van der Waals surface area contributed by atoms with Gasteiger partial charge in [-0.3, -0.25) is 4.79 Å². The second kappa shape index (κ2) is 7.61. The third-order valence-corrected chi connectivity index (χ3v) is 4.56. The number of furan rings is 1. The van der Waals surface area contributed by atoms with Gasteiger partial charge in [0.15, 0.2) is 5.76 Å². The summed E-state index contributed by atoms with van der Waals surface area (Å²) in [6.07, 6.45) is 4.20. The van der Waals surface area contributed by atoms with E-state index in [0.717, 1.165) is 5.76 Å². The number of aliphatic hydroxyl groups excluding tert-OH is 1.